The highest BCUT2D eigenvalue weighted by atomic mass is 16.2. The van der Waals surface area contributed by atoms with E-state index < -0.39 is 0 Å². The van der Waals surface area contributed by atoms with Crippen molar-refractivity contribution in [2.24, 2.45) is 0 Å². The van der Waals surface area contributed by atoms with Crippen molar-refractivity contribution in [1.29, 1.82) is 0 Å². The Kier molecular flexibility index (Phi) is 7.89. The monoisotopic (exact) mass is 445 g/mol. The standard InChI is InChI=1S/C27H35N5O/c1-3-32(4-2)27(33)22-13-11-21(12-14-22)24-20-25(26-23(30-24)10-8-15-29-26)28-16-9-19-31-17-6-5-7-18-31/h8,10-15,20H,3-7,9,16-19H2,1-2H3,(H,28,30). The largest absolute Gasteiger partial charge is 0.383 e. The zero-order valence-corrected chi connectivity index (χ0v) is 19.9. The first-order valence-corrected chi connectivity index (χ1v) is 12.3. The summed E-state index contributed by atoms with van der Waals surface area (Å²) in [4.78, 5) is 26.5. The lowest BCUT2D eigenvalue weighted by molar-refractivity contribution is 0.0773. The molecule has 1 saturated heterocycles. The van der Waals surface area contributed by atoms with Crippen LogP contribution < -0.4 is 5.32 Å². The number of rotatable bonds is 9. The Morgan fingerprint density at radius 1 is 1.06 bits per heavy atom. The second-order valence-corrected chi connectivity index (χ2v) is 8.66. The molecule has 0 spiro atoms. The van der Waals surface area contributed by atoms with Crippen molar-refractivity contribution in [2.45, 2.75) is 39.5 Å². The summed E-state index contributed by atoms with van der Waals surface area (Å²) in [6, 6.07) is 13.8. The fourth-order valence-electron chi connectivity index (χ4n) is 4.53. The molecule has 0 aliphatic carbocycles. The number of anilines is 1. The third-order valence-electron chi connectivity index (χ3n) is 6.46. The lowest BCUT2D eigenvalue weighted by Crippen LogP contribution is -2.31. The molecule has 0 atom stereocenters. The maximum Gasteiger partial charge on any atom is 0.253 e. The minimum atomic E-state index is 0.0679. The Balaban J connectivity index is 1.50. The smallest absolute Gasteiger partial charge is 0.253 e. The number of aromatic nitrogens is 2. The third kappa shape index (κ3) is 5.69. The van der Waals surface area contributed by atoms with Gasteiger partial charge in [-0.05, 0) is 83.1 Å². The van der Waals surface area contributed by atoms with Crippen molar-refractivity contribution in [3.63, 3.8) is 0 Å². The topological polar surface area (TPSA) is 61.4 Å². The van der Waals surface area contributed by atoms with Crippen LogP contribution in [-0.4, -0.2) is 64.9 Å². The summed E-state index contributed by atoms with van der Waals surface area (Å²) in [5, 5.41) is 3.61. The van der Waals surface area contributed by atoms with Gasteiger partial charge in [-0.25, -0.2) is 4.98 Å². The Bertz CT molecular complexity index is 1060. The fraction of sp³-hybridized carbons (Fsp3) is 0.444. The van der Waals surface area contributed by atoms with Gasteiger partial charge in [-0.2, -0.15) is 0 Å². The Labute approximate surface area is 197 Å². The number of nitrogens with one attached hydrogen (secondary N) is 1. The molecule has 1 aromatic carbocycles. The van der Waals surface area contributed by atoms with E-state index in [-0.39, 0.29) is 5.91 Å². The van der Waals surface area contributed by atoms with Gasteiger partial charge < -0.3 is 15.1 Å². The molecule has 1 aliphatic heterocycles. The summed E-state index contributed by atoms with van der Waals surface area (Å²) < 4.78 is 0. The number of hydrogen-bond acceptors (Lipinski definition) is 5. The summed E-state index contributed by atoms with van der Waals surface area (Å²) in [5.74, 6) is 0.0679. The highest BCUT2D eigenvalue weighted by molar-refractivity contribution is 5.95. The van der Waals surface area contributed by atoms with Gasteiger partial charge >= 0.3 is 0 Å². The fourth-order valence-corrected chi connectivity index (χ4v) is 4.53. The van der Waals surface area contributed by atoms with E-state index in [4.69, 9.17) is 4.98 Å². The first-order chi connectivity index (χ1) is 16.2. The van der Waals surface area contributed by atoms with Crippen LogP contribution >= 0.6 is 0 Å². The minimum absolute atomic E-state index is 0.0679. The second kappa shape index (κ2) is 11.2. The van der Waals surface area contributed by atoms with Gasteiger partial charge in [-0.1, -0.05) is 18.6 Å². The lowest BCUT2D eigenvalue weighted by atomic mass is 10.1. The molecule has 0 bridgehead atoms. The SMILES string of the molecule is CCN(CC)C(=O)c1ccc(-c2cc(NCCCN3CCCCC3)c3ncccc3n2)cc1. The molecule has 33 heavy (non-hydrogen) atoms. The number of likely N-dealkylation sites (tertiary alicyclic amines) is 1. The van der Waals surface area contributed by atoms with Gasteiger partial charge in [0.05, 0.1) is 16.9 Å². The zero-order valence-electron chi connectivity index (χ0n) is 19.9. The van der Waals surface area contributed by atoms with E-state index in [2.05, 4.69) is 21.3 Å². The second-order valence-electron chi connectivity index (χ2n) is 8.66. The maximum absolute atomic E-state index is 12.6. The van der Waals surface area contributed by atoms with E-state index >= 15 is 0 Å². The molecule has 0 saturated carbocycles. The van der Waals surface area contributed by atoms with Gasteiger partial charge in [0.1, 0.15) is 5.52 Å². The summed E-state index contributed by atoms with van der Waals surface area (Å²) in [6.45, 7) is 9.94. The van der Waals surface area contributed by atoms with Crippen LogP contribution in [0.4, 0.5) is 5.69 Å². The van der Waals surface area contributed by atoms with Crippen molar-refractivity contribution in [2.75, 3.05) is 44.6 Å². The van der Waals surface area contributed by atoms with Crippen molar-refractivity contribution < 1.29 is 4.79 Å². The molecule has 6 nitrogen and oxygen atoms in total. The van der Waals surface area contributed by atoms with Gasteiger partial charge in [0, 0.05) is 37.0 Å². The molecule has 6 heteroatoms. The van der Waals surface area contributed by atoms with Gasteiger partial charge in [-0.15, -0.1) is 0 Å². The zero-order chi connectivity index (χ0) is 23.0. The molecular formula is C27H35N5O. The molecule has 174 valence electrons. The lowest BCUT2D eigenvalue weighted by Gasteiger charge is -2.26. The van der Waals surface area contributed by atoms with Crippen molar-refractivity contribution in [1.82, 2.24) is 19.8 Å². The maximum atomic E-state index is 12.6. The predicted molar refractivity (Wildman–Crippen MR) is 136 cm³/mol. The van der Waals surface area contributed by atoms with Crippen LogP contribution in [0, 0.1) is 0 Å². The molecule has 1 amide bonds. The molecule has 3 heterocycles. The van der Waals surface area contributed by atoms with Crippen molar-refractivity contribution in [3.8, 4) is 11.3 Å². The quantitative estimate of drug-likeness (QED) is 0.466. The number of hydrogen-bond donors (Lipinski definition) is 1. The van der Waals surface area contributed by atoms with E-state index in [0.717, 1.165) is 47.5 Å². The highest BCUT2D eigenvalue weighted by Crippen LogP contribution is 2.27. The number of nitrogens with zero attached hydrogens (tertiary/aromatic N) is 4. The van der Waals surface area contributed by atoms with Crippen LogP contribution in [0.1, 0.15) is 49.9 Å². The summed E-state index contributed by atoms with van der Waals surface area (Å²) in [5.41, 5.74) is 5.37. The number of pyridine rings is 2. The van der Waals surface area contributed by atoms with E-state index in [1.807, 2.05) is 61.3 Å². The van der Waals surface area contributed by atoms with Crippen molar-refractivity contribution in [3.05, 3.63) is 54.2 Å². The van der Waals surface area contributed by atoms with E-state index in [1.165, 1.54) is 32.4 Å². The van der Waals surface area contributed by atoms with Crippen LogP contribution in [0.5, 0.6) is 0 Å². The normalized spacial score (nSPS) is 14.4. The molecule has 1 fully saturated rings. The number of carbonyl (C=O) groups excluding carboxylic acids is 1. The molecule has 0 radical (unpaired) electrons. The number of amides is 1. The summed E-state index contributed by atoms with van der Waals surface area (Å²) in [7, 11) is 0. The summed E-state index contributed by atoms with van der Waals surface area (Å²) >= 11 is 0. The molecule has 3 aromatic rings. The van der Waals surface area contributed by atoms with Gasteiger partial charge in [0.15, 0.2) is 0 Å². The predicted octanol–water partition coefficient (Wildman–Crippen LogP) is 5.07. The first-order valence-electron chi connectivity index (χ1n) is 12.3. The molecule has 1 N–H and O–H groups in total. The Morgan fingerprint density at radius 2 is 1.82 bits per heavy atom. The van der Waals surface area contributed by atoms with Crippen LogP contribution in [0.2, 0.25) is 0 Å². The van der Waals surface area contributed by atoms with E-state index in [1.54, 1.807) is 0 Å². The molecule has 1 aliphatic rings. The van der Waals surface area contributed by atoms with Gasteiger partial charge in [-0.3, -0.25) is 9.78 Å². The number of piperidine rings is 1. The third-order valence-corrected chi connectivity index (χ3v) is 6.46. The minimum Gasteiger partial charge on any atom is -0.383 e. The van der Waals surface area contributed by atoms with Crippen LogP contribution in [0.25, 0.3) is 22.3 Å². The first kappa shape index (κ1) is 23.2. The molecular weight excluding hydrogens is 410 g/mol. The van der Waals surface area contributed by atoms with Gasteiger partial charge in [0.25, 0.3) is 5.91 Å². The number of carbonyl (C=O) groups is 1. The van der Waals surface area contributed by atoms with E-state index in [9.17, 15) is 4.79 Å². The molecule has 2 aromatic heterocycles. The average Bonchev–Trinajstić information content (AvgIpc) is 2.87. The summed E-state index contributed by atoms with van der Waals surface area (Å²) in [6.07, 6.45) is 6.95. The molecule has 4 rings (SSSR count). The Morgan fingerprint density at radius 3 is 2.55 bits per heavy atom. The highest BCUT2D eigenvalue weighted by Gasteiger charge is 2.14. The van der Waals surface area contributed by atoms with Crippen LogP contribution in [-0.2, 0) is 0 Å². The van der Waals surface area contributed by atoms with Gasteiger partial charge in [0.2, 0.25) is 0 Å². The molecule has 0 unspecified atom stereocenters. The van der Waals surface area contributed by atoms with Crippen LogP contribution in [0.15, 0.2) is 48.7 Å². The van der Waals surface area contributed by atoms with Crippen LogP contribution in [0.3, 0.4) is 0 Å². The Hall–Kier alpha value is -2.99. The average molecular weight is 446 g/mol. The van der Waals surface area contributed by atoms with E-state index in [0.29, 0.717) is 18.7 Å². The number of benzene rings is 1. The number of fused-ring (bicyclic) bond motifs is 1. The van der Waals surface area contributed by atoms with Crippen molar-refractivity contribution >= 4 is 22.6 Å².